The molecule has 1 aliphatic heterocycles. The number of ether oxygens (including phenoxy) is 2. The highest BCUT2D eigenvalue weighted by atomic mass is 16.6. The van der Waals surface area contributed by atoms with Gasteiger partial charge in [0.25, 0.3) is 0 Å². The molecule has 1 fully saturated rings. The molecule has 0 bridgehead atoms. The third kappa shape index (κ3) is 11.4. The number of aliphatic hydroxyl groups is 1. The first-order chi connectivity index (χ1) is 13.1. The Hall–Kier alpha value is -1.10. The number of carbonyl (C=O) groups is 2. The van der Waals surface area contributed by atoms with Crippen molar-refractivity contribution in [2.75, 3.05) is 13.2 Å². The molecule has 1 saturated heterocycles. The van der Waals surface area contributed by atoms with Gasteiger partial charge in [0.1, 0.15) is 5.60 Å². The monoisotopic (exact) mass is 384 g/mol. The molecule has 0 aromatic rings. The van der Waals surface area contributed by atoms with Gasteiger partial charge in [0.15, 0.2) is 0 Å². The number of esters is 2. The highest BCUT2D eigenvalue weighted by Gasteiger charge is 2.40. The molecule has 158 valence electrons. The summed E-state index contributed by atoms with van der Waals surface area (Å²) in [5, 5.41) is 9.42. The highest BCUT2D eigenvalue weighted by Crippen LogP contribution is 2.30. The van der Waals surface area contributed by atoms with E-state index in [1.54, 1.807) is 0 Å². The summed E-state index contributed by atoms with van der Waals surface area (Å²) in [4.78, 5) is 23.0. The summed E-state index contributed by atoms with van der Waals surface area (Å²) in [6, 6.07) is 0. The van der Waals surface area contributed by atoms with E-state index in [0.717, 1.165) is 12.8 Å². The number of rotatable bonds is 17. The number of hydrogen-bond donors (Lipinski definition) is 1. The van der Waals surface area contributed by atoms with E-state index in [1.165, 1.54) is 64.2 Å². The maximum atomic E-state index is 11.8. The summed E-state index contributed by atoms with van der Waals surface area (Å²) >= 11 is 0. The Balaban J connectivity index is 1.88. The van der Waals surface area contributed by atoms with Crippen LogP contribution in [0.25, 0.3) is 0 Å². The van der Waals surface area contributed by atoms with Gasteiger partial charge in [-0.3, -0.25) is 9.59 Å². The standard InChI is InChI=1S/C22H40O5/c1-2-3-4-5-6-7-8-9-10-11-12-13-18-26-20(24)14-16-22(19-23)17-15-21(25)27-22/h23H,2-19H2,1H3/t22-/m0/s1. The highest BCUT2D eigenvalue weighted by molar-refractivity contribution is 5.73. The van der Waals surface area contributed by atoms with Crippen LogP contribution < -0.4 is 0 Å². The topological polar surface area (TPSA) is 72.8 Å². The molecule has 1 heterocycles. The van der Waals surface area contributed by atoms with Gasteiger partial charge in [0, 0.05) is 12.8 Å². The minimum absolute atomic E-state index is 0.187. The van der Waals surface area contributed by atoms with Crippen molar-refractivity contribution in [2.45, 2.75) is 115 Å². The minimum Gasteiger partial charge on any atom is -0.466 e. The van der Waals surface area contributed by atoms with E-state index >= 15 is 0 Å². The van der Waals surface area contributed by atoms with Gasteiger partial charge in [-0.1, -0.05) is 77.6 Å². The first-order valence-electron chi connectivity index (χ1n) is 11.1. The Kier molecular flexibility index (Phi) is 13.2. The maximum absolute atomic E-state index is 11.8. The fourth-order valence-corrected chi connectivity index (χ4v) is 3.57. The molecule has 0 saturated carbocycles. The lowest BCUT2D eigenvalue weighted by Crippen LogP contribution is -2.33. The van der Waals surface area contributed by atoms with E-state index in [-0.39, 0.29) is 25.0 Å². The Labute approximate surface area is 165 Å². The molecule has 0 aliphatic carbocycles. The van der Waals surface area contributed by atoms with E-state index < -0.39 is 5.60 Å². The lowest BCUT2D eigenvalue weighted by Gasteiger charge is -2.24. The van der Waals surface area contributed by atoms with Gasteiger partial charge in [-0.05, 0) is 19.3 Å². The summed E-state index contributed by atoms with van der Waals surface area (Å²) < 4.78 is 10.4. The average molecular weight is 385 g/mol. The zero-order valence-corrected chi connectivity index (χ0v) is 17.3. The summed E-state index contributed by atoms with van der Waals surface area (Å²) in [6.07, 6.45) is 16.7. The molecule has 5 heteroatoms. The van der Waals surface area contributed by atoms with Crippen LogP contribution >= 0.6 is 0 Å². The molecule has 0 amide bonds. The molecule has 0 radical (unpaired) electrons. The van der Waals surface area contributed by atoms with Gasteiger partial charge >= 0.3 is 11.9 Å². The Morgan fingerprint density at radius 3 is 2.04 bits per heavy atom. The molecule has 1 rings (SSSR count). The molecule has 1 N–H and O–H groups in total. The van der Waals surface area contributed by atoms with Crippen LogP contribution in [-0.4, -0.2) is 35.9 Å². The quantitative estimate of drug-likeness (QED) is 0.280. The van der Waals surface area contributed by atoms with Gasteiger partial charge in [0.2, 0.25) is 0 Å². The van der Waals surface area contributed by atoms with Crippen LogP contribution in [0.4, 0.5) is 0 Å². The van der Waals surface area contributed by atoms with Crippen molar-refractivity contribution >= 4 is 11.9 Å². The Bertz CT molecular complexity index is 410. The summed E-state index contributed by atoms with van der Waals surface area (Å²) in [5.74, 6) is -0.567. The third-order valence-electron chi connectivity index (χ3n) is 5.45. The minimum atomic E-state index is -0.869. The number of aliphatic hydroxyl groups excluding tert-OH is 1. The number of unbranched alkanes of at least 4 members (excludes halogenated alkanes) is 11. The van der Waals surface area contributed by atoms with Crippen LogP contribution in [0.5, 0.6) is 0 Å². The predicted octanol–water partition coefficient (Wildman–Crippen LogP) is 5.08. The number of hydrogen-bond acceptors (Lipinski definition) is 5. The van der Waals surface area contributed by atoms with Crippen LogP contribution in [0.15, 0.2) is 0 Å². The lowest BCUT2D eigenvalue weighted by atomic mass is 9.95. The predicted molar refractivity (Wildman–Crippen MR) is 106 cm³/mol. The lowest BCUT2D eigenvalue weighted by molar-refractivity contribution is -0.156. The van der Waals surface area contributed by atoms with Gasteiger partial charge in [-0.15, -0.1) is 0 Å². The van der Waals surface area contributed by atoms with E-state index in [0.29, 0.717) is 25.9 Å². The van der Waals surface area contributed by atoms with Crippen LogP contribution in [0.2, 0.25) is 0 Å². The molecule has 1 aliphatic rings. The molecule has 27 heavy (non-hydrogen) atoms. The van der Waals surface area contributed by atoms with Crippen molar-refractivity contribution in [1.82, 2.24) is 0 Å². The Morgan fingerprint density at radius 1 is 1.00 bits per heavy atom. The summed E-state index contributed by atoms with van der Waals surface area (Å²) in [6.45, 7) is 2.48. The zero-order chi connectivity index (χ0) is 19.8. The molecule has 0 spiro atoms. The fourth-order valence-electron chi connectivity index (χ4n) is 3.57. The van der Waals surface area contributed by atoms with Crippen LogP contribution in [0.1, 0.15) is 110 Å². The molecule has 5 nitrogen and oxygen atoms in total. The van der Waals surface area contributed by atoms with Crippen molar-refractivity contribution < 1.29 is 24.2 Å². The van der Waals surface area contributed by atoms with E-state index in [1.807, 2.05) is 0 Å². The van der Waals surface area contributed by atoms with Crippen molar-refractivity contribution in [3.05, 3.63) is 0 Å². The zero-order valence-electron chi connectivity index (χ0n) is 17.3. The second-order valence-corrected chi connectivity index (χ2v) is 7.92. The van der Waals surface area contributed by atoms with Crippen molar-refractivity contribution in [2.24, 2.45) is 0 Å². The smallest absolute Gasteiger partial charge is 0.306 e. The van der Waals surface area contributed by atoms with Gasteiger partial charge < -0.3 is 14.6 Å². The first-order valence-corrected chi connectivity index (χ1v) is 11.1. The Morgan fingerprint density at radius 2 is 1.56 bits per heavy atom. The van der Waals surface area contributed by atoms with Crippen molar-refractivity contribution in [1.29, 1.82) is 0 Å². The van der Waals surface area contributed by atoms with Crippen LogP contribution in [-0.2, 0) is 19.1 Å². The summed E-state index contributed by atoms with van der Waals surface area (Å²) in [5.41, 5.74) is -0.869. The second-order valence-electron chi connectivity index (χ2n) is 7.92. The molecule has 0 aromatic carbocycles. The maximum Gasteiger partial charge on any atom is 0.306 e. The molecule has 0 unspecified atom stereocenters. The third-order valence-corrected chi connectivity index (χ3v) is 5.45. The van der Waals surface area contributed by atoms with Gasteiger partial charge in [-0.2, -0.15) is 0 Å². The number of cyclic esters (lactones) is 1. The van der Waals surface area contributed by atoms with Crippen molar-refractivity contribution in [3.63, 3.8) is 0 Å². The van der Waals surface area contributed by atoms with Gasteiger partial charge in [-0.25, -0.2) is 0 Å². The van der Waals surface area contributed by atoms with E-state index in [4.69, 9.17) is 9.47 Å². The molecule has 0 aromatic heterocycles. The molecular formula is C22H40O5. The van der Waals surface area contributed by atoms with Crippen molar-refractivity contribution in [3.8, 4) is 0 Å². The normalized spacial score (nSPS) is 19.3. The fraction of sp³-hybridized carbons (Fsp3) is 0.909. The average Bonchev–Trinajstić information content (AvgIpc) is 3.05. The SMILES string of the molecule is CCCCCCCCCCCCCCOC(=O)CC[C@@]1(CO)CCC(=O)O1. The van der Waals surface area contributed by atoms with E-state index in [2.05, 4.69) is 6.92 Å². The van der Waals surface area contributed by atoms with E-state index in [9.17, 15) is 14.7 Å². The largest absolute Gasteiger partial charge is 0.466 e. The van der Waals surface area contributed by atoms with Crippen LogP contribution in [0, 0.1) is 0 Å². The number of carbonyl (C=O) groups excluding carboxylic acids is 2. The second kappa shape index (κ2) is 14.9. The molecular weight excluding hydrogens is 344 g/mol. The van der Waals surface area contributed by atoms with Gasteiger partial charge in [0.05, 0.1) is 13.2 Å². The molecule has 1 atom stereocenters. The van der Waals surface area contributed by atoms with Crippen LogP contribution in [0.3, 0.4) is 0 Å². The summed E-state index contributed by atoms with van der Waals surface area (Å²) in [7, 11) is 0. The first kappa shape index (κ1) is 23.9.